The maximum atomic E-state index is 2.46. The second kappa shape index (κ2) is 15.3. The van der Waals surface area contributed by atoms with Gasteiger partial charge < -0.3 is 9.47 Å². The van der Waals surface area contributed by atoms with Gasteiger partial charge in [-0.25, -0.2) is 0 Å². The van der Waals surface area contributed by atoms with Crippen molar-refractivity contribution in [2.45, 2.75) is 19.3 Å². The van der Waals surface area contributed by atoms with Gasteiger partial charge in [-0.1, -0.05) is 202 Å². The highest BCUT2D eigenvalue weighted by molar-refractivity contribution is 6.12. The lowest BCUT2D eigenvalue weighted by Gasteiger charge is -2.29. The number of aromatic nitrogens is 1. The monoisotopic (exact) mass is 854 g/mol. The van der Waals surface area contributed by atoms with Crippen molar-refractivity contribution in [1.82, 2.24) is 4.57 Å². The topological polar surface area (TPSA) is 8.17 Å². The van der Waals surface area contributed by atoms with Gasteiger partial charge in [0, 0.05) is 38.3 Å². The summed E-state index contributed by atoms with van der Waals surface area (Å²) in [6.07, 6.45) is 0. The summed E-state index contributed by atoms with van der Waals surface area (Å²) in [5, 5.41) is 7.44. The average Bonchev–Trinajstić information content (AvgIpc) is 3.84. The lowest BCUT2D eigenvalue weighted by molar-refractivity contribution is 0.660. The summed E-state index contributed by atoms with van der Waals surface area (Å²) in [6, 6.07) is 89.3. The number of anilines is 3. The van der Waals surface area contributed by atoms with Crippen LogP contribution in [0.2, 0.25) is 0 Å². The molecular weight excluding hydrogens is 809 g/mol. The zero-order chi connectivity index (χ0) is 44.6. The minimum Gasteiger partial charge on any atom is -0.310 e. The van der Waals surface area contributed by atoms with Crippen LogP contribution in [0.25, 0.3) is 93.5 Å². The van der Waals surface area contributed by atoms with Gasteiger partial charge >= 0.3 is 0 Å². The van der Waals surface area contributed by atoms with Crippen molar-refractivity contribution >= 4 is 60.4 Å². The Labute approximate surface area is 391 Å². The van der Waals surface area contributed by atoms with Crippen molar-refractivity contribution in [2.75, 3.05) is 4.90 Å². The molecule has 0 saturated carbocycles. The average molecular weight is 855 g/mol. The number of fused-ring (bicyclic) bond motifs is 8. The normalized spacial score (nSPS) is 12.7. The van der Waals surface area contributed by atoms with Crippen LogP contribution in [-0.4, -0.2) is 4.57 Å². The maximum Gasteiger partial charge on any atom is 0.0541 e. The summed E-state index contributed by atoms with van der Waals surface area (Å²) in [6.45, 7) is 4.72. The first-order valence-electron chi connectivity index (χ1n) is 23.3. The summed E-state index contributed by atoms with van der Waals surface area (Å²) < 4.78 is 2.43. The lowest BCUT2D eigenvalue weighted by Crippen LogP contribution is -2.16. The van der Waals surface area contributed by atoms with Crippen LogP contribution in [0.3, 0.4) is 0 Å². The van der Waals surface area contributed by atoms with Crippen LogP contribution in [0.15, 0.2) is 243 Å². The Morgan fingerprint density at radius 3 is 1.70 bits per heavy atom. The molecule has 0 fully saturated rings. The fourth-order valence-corrected chi connectivity index (χ4v) is 11.1. The highest BCUT2D eigenvalue weighted by Crippen LogP contribution is 2.51. The van der Waals surface area contributed by atoms with Gasteiger partial charge in [-0.15, -0.1) is 0 Å². The van der Waals surface area contributed by atoms with E-state index in [2.05, 4.69) is 266 Å². The third-order valence-electron chi connectivity index (χ3n) is 14.4. The number of para-hydroxylation sites is 1. The number of benzene rings is 11. The van der Waals surface area contributed by atoms with Crippen LogP contribution < -0.4 is 4.90 Å². The van der Waals surface area contributed by atoms with Crippen LogP contribution in [0.1, 0.15) is 25.0 Å². The molecule has 1 heterocycles. The minimum absolute atomic E-state index is 0.120. The highest BCUT2D eigenvalue weighted by atomic mass is 15.1. The smallest absolute Gasteiger partial charge is 0.0541 e. The van der Waals surface area contributed by atoms with Crippen molar-refractivity contribution in [3.8, 4) is 50.2 Å². The Kier molecular flexibility index (Phi) is 8.91. The van der Waals surface area contributed by atoms with Crippen LogP contribution in [0.4, 0.5) is 17.1 Å². The van der Waals surface area contributed by atoms with E-state index in [0.717, 1.165) is 17.1 Å². The van der Waals surface area contributed by atoms with E-state index in [1.807, 2.05) is 0 Å². The Balaban J connectivity index is 0.878. The molecule has 0 saturated heterocycles. The van der Waals surface area contributed by atoms with E-state index < -0.39 is 0 Å². The Morgan fingerprint density at radius 2 is 0.896 bits per heavy atom. The van der Waals surface area contributed by atoms with E-state index in [9.17, 15) is 0 Å². The number of rotatable bonds is 7. The lowest BCUT2D eigenvalue weighted by atomic mass is 9.82. The van der Waals surface area contributed by atoms with Crippen LogP contribution in [0.5, 0.6) is 0 Å². The third kappa shape index (κ3) is 6.25. The van der Waals surface area contributed by atoms with Crippen molar-refractivity contribution in [3.63, 3.8) is 0 Å². The molecule has 0 aliphatic heterocycles. The van der Waals surface area contributed by atoms with Crippen LogP contribution >= 0.6 is 0 Å². The van der Waals surface area contributed by atoms with Gasteiger partial charge in [0.25, 0.3) is 0 Å². The zero-order valence-corrected chi connectivity index (χ0v) is 37.5. The molecule has 0 spiro atoms. The predicted molar refractivity (Wildman–Crippen MR) is 284 cm³/mol. The quantitative estimate of drug-likeness (QED) is 0.155. The van der Waals surface area contributed by atoms with Gasteiger partial charge in [0.2, 0.25) is 0 Å². The van der Waals surface area contributed by atoms with Crippen molar-refractivity contribution < 1.29 is 0 Å². The Hall–Kier alpha value is -8.46. The maximum absolute atomic E-state index is 2.46. The van der Waals surface area contributed by atoms with E-state index in [4.69, 9.17) is 0 Å². The van der Waals surface area contributed by atoms with Gasteiger partial charge in [0.1, 0.15) is 0 Å². The first kappa shape index (κ1) is 39.0. The first-order valence-corrected chi connectivity index (χ1v) is 23.3. The summed E-state index contributed by atoms with van der Waals surface area (Å²) in [4.78, 5) is 2.46. The largest absolute Gasteiger partial charge is 0.310 e. The van der Waals surface area contributed by atoms with E-state index in [0.29, 0.717) is 0 Å². The standard InChI is InChI=1S/C65H46N2/c1-65(2)59-24-12-10-21-54(59)55-37-36-50(42-60(55)65)66(63-40-38-51(46-15-4-3-5-16-46)53-20-8-9-22-56(53)63)49-34-31-44(32-35-49)43-27-29-45(30-28-43)48-33-39-64-58(41-48)57-23-11-13-25-62(57)67(64)61-26-14-18-47-17-6-7-19-52(47)61/h3-42H,1-2H3. The molecule has 11 aromatic carbocycles. The Morgan fingerprint density at radius 1 is 0.328 bits per heavy atom. The van der Waals surface area contributed by atoms with Gasteiger partial charge in [-0.05, 0) is 121 Å². The molecule has 2 nitrogen and oxygen atoms in total. The first-order chi connectivity index (χ1) is 33.0. The number of hydrogen-bond acceptors (Lipinski definition) is 1. The Bertz CT molecular complexity index is 3870. The minimum atomic E-state index is -0.120. The molecule has 0 radical (unpaired) electrons. The summed E-state index contributed by atoms with van der Waals surface area (Å²) in [5.74, 6) is 0. The zero-order valence-electron chi connectivity index (χ0n) is 37.5. The number of hydrogen-bond donors (Lipinski definition) is 0. The van der Waals surface area contributed by atoms with Gasteiger partial charge in [-0.3, -0.25) is 0 Å². The van der Waals surface area contributed by atoms with E-state index in [-0.39, 0.29) is 5.41 Å². The molecule has 316 valence electrons. The molecule has 0 N–H and O–H groups in total. The van der Waals surface area contributed by atoms with Crippen LogP contribution in [0, 0.1) is 0 Å². The molecule has 1 aliphatic carbocycles. The van der Waals surface area contributed by atoms with Crippen molar-refractivity contribution in [2.24, 2.45) is 0 Å². The predicted octanol–water partition coefficient (Wildman–Crippen LogP) is 17.9. The molecule has 1 aliphatic rings. The molecule has 0 atom stereocenters. The molecule has 0 unspecified atom stereocenters. The molecule has 67 heavy (non-hydrogen) atoms. The second-order valence-corrected chi connectivity index (χ2v) is 18.5. The van der Waals surface area contributed by atoms with Crippen LogP contribution in [-0.2, 0) is 5.41 Å². The fraction of sp³-hybridized carbons (Fsp3) is 0.0462. The fourth-order valence-electron chi connectivity index (χ4n) is 11.1. The molecule has 0 amide bonds. The van der Waals surface area contributed by atoms with Gasteiger partial charge in [-0.2, -0.15) is 0 Å². The molecule has 2 heteroatoms. The van der Waals surface area contributed by atoms with E-state index in [1.54, 1.807) is 0 Å². The van der Waals surface area contributed by atoms with Crippen molar-refractivity contribution in [1.29, 1.82) is 0 Å². The van der Waals surface area contributed by atoms with E-state index in [1.165, 1.54) is 105 Å². The summed E-state index contributed by atoms with van der Waals surface area (Å²) in [5.41, 5.74) is 19.5. The summed E-state index contributed by atoms with van der Waals surface area (Å²) in [7, 11) is 0. The van der Waals surface area contributed by atoms with Gasteiger partial charge in [0.05, 0.1) is 22.4 Å². The molecule has 1 aromatic heterocycles. The molecule has 0 bridgehead atoms. The molecule has 13 rings (SSSR count). The second-order valence-electron chi connectivity index (χ2n) is 18.5. The third-order valence-corrected chi connectivity index (χ3v) is 14.4. The SMILES string of the molecule is CC1(C)c2ccccc2-c2ccc(N(c3ccc(-c4ccc(-c5ccc6c(c5)c5ccccc5n6-c5cccc6ccccc56)cc4)cc3)c3ccc(-c4ccccc4)c4ccccc34)cc21. The van der Waals surface area contributed by atoms with Gasteiger partial charge in [0.15, 0.2) is 0 Å². The summed E-state index contributed by atoms with van der Waals surface area (Å²) >= 11 is 0. The molecular formula is C65H46N2. The highest BCUT2D eigenvalue weighted by Gasteiger charge is 2.36. The molecule has 12 aromatic rings. The van der Waals surface area contributed by atoms with Crippen molar-refractivity contribution in [3.05, 3.63) is 254 Å². The number of nitrogens with zero attached hydrogens (tertiary/aromatic N) is 2. The van der Waals surface area contributed by atoms with E-state index >= 15 is 0 Å².